The zero-order valence-electron chi connectivity index (χ0n) is 21.4. The zero-order valence-corrected chi connectivity index (χ0v) is 22.9. The summed E-state index contributed by atoms with van der Waals surface area (Å²) in [6.07, 6.45) is 1.56. The fourth-order valence-electron chi connectivity index (χ4n) is 4.10. The van der Waals surface area contributed by atoms with Gasteiger partial charge in [-0.3, -0.25) is 9.59 Å². The standard InChI is InChI=1S/C29H28BrN5O3/c1-4-35(5-2)22-14-11-19(12-15-22)17-24(31-27(36)20-9-7-6-8-10-20)28(37)33-32-26-23-18-21(30)13-16-25(23)34(3)29(26)38/h6-18,38H,4-5H2,1-3H3,(H,31,36)/b24-17+,33-32?. The van der Waals surface area contributed by atoms with Gasteiger partial charge in [-0.25, -0.2) is 0 Å². The van der Waals surface area contributed by atoms with Crippen molar-refractivity contribution in [2.75, 3.05) is 18.0 Å². The summed E-state index contributed by atoms with van der Waals surface area (Å²) in [5.41, 5.74) is 3.02. The molecule has 0 saturated carbocycles. The Morgan fingerprint density at radius 3 is 2.37 bits per heavy atom. The quantitative estimate of drug-likeness (QED) is 0.184. The molecular formula is C29H28BrN5O3. The number of hydrogen-bond donors (Lipinski definition) is 2. The van der Waals surface area contributed by atoms with E-state index in [2.05, 4.69) is 50.2 Å². The van der Waals surface area contributed by atoms with Crippen LogP contribution in [0, 0.1) is 0 Å². The van der Waals surface area contributed by atoms with Crippen LogP contribution < -0.4 is 10.2 Å². The van der Waals surface area contributed by atoms with Crippen LogP contribution in [0.2, 0.25) is 0 Å². The second kappa shape index (κ2) is 11.9. The van der Waals surface area contributed by atoms with E-state index in [0.717, 1.165) is 28.8 Å². The molecule has 0 saturated heterocycles. The Morgan fingerprint density at radius 2 is 1.71 bits per heavy atom. The normalized spacial score (nSPS) is 11.7. The van der Waals surface area contributed by atoms with Gasteiger partial charge in [-0.2, -0.15) is 0 Å². The highest BCUT2D eigenvalue weighted by molar-refractivity contribution is 9.10. The average Bonchev–Trinajstić information content (AvgIpc) is 3.17. The zero-order chi connectivity index (χ0) is 27.2. The third kappa shape index (κ3) is 5.84. The molecule has 4 rings (SSSR count). The first-order chi connectivity index (χ1) is 18.3. The van der Waals surface area contributed by atoms with Crippen LogP contribution in [0.3, 0.4) is 0 Å². The minimum atomic E-state index is -0.756. The molecular weight excluding hydrogens is 546 g/mol. The number of nitrogens with zero attached hydrogens (tertiary/aromatic N) is 4. The van der Waals surface area contributed by atoms with Crippen molar-refractivity contribution < 1.29 is 14.7 Å². The number of fused-ring (bicyclic) bond motifs is 1. The molecule has 0 aliphatic carbocycles. The third-order valence-corrected chi connectivity index (χ3v) is 6.69. The van der Waals surface area contributed by atoms with E-state index < -0.39 is 11.8 Å². The van der Waals surface area contributed by atoms with Crippen LogP contribution in [0.25, 0.3) is 17.0 Å². The molecule has 0 bridgehead atoms. The molecule has 0 aliphatic heterocycles. The molecule has 38 heavy (non-hydrogen) atoms. The molecule has 9 heteroatoms. The first-order valence-electron chi connectivity index (χ1n) is 12.2. The highest BCUT2D eigenvalue weighted by Crippen LogP contribution is 2.39. The van der Waals surface area contributed by atoms with Crippen molar-refractivity contribution in [2.24, 2.45) is 17.3 Å². The van der Waals surface area contributed by atoms with Gasteiger partial charge in [0.15, 0.2) is 5.69 Å². The van der Waals surface area contributed by atoms with Crippen LogP contribution in [-0.2, 0) is 11.8 Å². The van der Waals surface area contributed by atoms with Crippen LogP contribution in [0.1, 0.15) is 29.8 Å². The number of halogens is 1. The third-order valence-electron chi connectivity index (χ3n) is 6.19. The molecule has 8 nitrogen and oxygen atoms in total. The lowest BCUT2D eigenvalue weighted by Crippen LogP contribution is -2.26. The van der Waals surface area contributed by atoms with Crippen LogP contribution in [0.4, 0.5) is 11.4 Å². The van der Waals surface area contributed by atoms with Gasteiger partial charge in [0, 0.05) is 41.2 Å². The summed E-state index contributed by atoms with van der Waals surface area (Å²) in [5.74, 6) is -1.33. The predicted molar refractivity (Wildman–Crippen MR) is 154 cm³/mol. The van der Waals surface area contributed by atoms with Gasteiger partial charge in [0.2, 0.25) is 5.88 Å². The number of anilines is 1. The highest BCUT2D eigenvalue weighted by Gasteiger charge is 2.18. The SMILES string of the molecule is CCN(CC)c1ccc(/C=C(/NC(=O)c2ccccc2)C(=O)N=Nc2c(O)n(C)c3ccc(Br)cc23)cc1. The van der Waals surface area contributed by atoms with E-state index in [1.54, 1.807) is 54.1 Å². The summed E-state index contributed by atoms with van der Waals surface area (Å²) in [4.78, 5) is 28.3. The number of carbonyl (C=O) groups is 2. The summed E-state index contributed by atoms with van der Waals surface area (Å²) in [7, 11) is 1.69. The maximum absolute atomic E-state index is 13.2. The van der Waals surface area contributed by atoms with Crippen molar-refractivity contribution in [1.82, 2.24) is 9.88 Å². The first kappa shape index (κ1) is 26.8. The molecule has 0 fully saturated rings. The number of azo groups is 1. The van der Waals surface area contributed by atoms with Crippen LogP contribution in [0.5, 0.6) is 5.88 Å². The van der Waals surface area contributed by atoms with Gasteiger partial charge < -0.3 is 19.9 Å². The maximum Gasteiger partial charge on any atom is 0.311 e. The summed E-state index contributed by atoms with van der Waals surface area (Å²) in [6.45, 7) is 5.93. The molecule has 4 aromatic rings. The second-order valence-electron chi connectivity index (χ2n) is 8.54. The number of hydrogen-bond acceptors (Lipinski definition) is 5. The van der Waals surface area contributed by atoms with Gasteiger partial charge in [0.1, 0.15) is 5.70 Å². The number of benzene rings is 3. The van der Waals surface area contributed by atoms with Crippen molar-refractivity contribution in [3.8, 4) is 5.88 Å². The first-order valence-corrected chi connectivity index (χ1v) is 13.0. The molecule has 2 N–H and O–H groups in total. The van der Waals surface area contributed by atoms with Crippen molar-refractivity contribution in [2.45, 2.75) is 13.8 Å². The number of amides is 2. The number of nitrogens with one attached hydrogen (secondary N) is 1. The Balaban J connectivity index is 1.69. The molecule has 2 amide bonds. The van der Waals surface area contributed by atoms with E-state index >= 15 is 0 Å². The van der Waals surface area contributed by atoms with Gasteiger partial charge >= 0.3 is 5.91 Å². The predicted octanol–water partition coefficient (Wildman–Crippen LogP) is 6.57. The Kier molecular flexibility index (Phi) is 8.38. The molecule has 1 heterocycles. The average molecular weight is 574 g/mol. The number of aryl methyl sites for hydroxylation is 1. The number of aromatic nitrogens is 1. The molecule has 0 radical (unpaired) electrons. The fourth-order valence-corrected chi connectivity index (χ4v) is 4.46. The smallest absolute Gasteiger partial charge is 0.311 e. The van der Waals surface area contributed by atoms with Crippen molar-refractivity contribution in [1.29, 1.82) is 0 Å². The molecule has 0 unspecified atom stereocenters. The molecule has 3 aromatic carbocycles. The van der Waals surface area contributed by atoms with Gasteiger partial charge in [-0.1, -0.05) is 46.3 Å². The second-order valence-corrected chi connectivity index (χ2v) is 9.46. The molecule has 1 aromatic heterocycles. The fraction of sp³-hybridized carbons (Fsp3) is 0.172. The van der Waals surface area contributed by atoms with Crippen LogP contribution >= 0.6 is 15.9 Å². The Hall–Kier alpha value is -4.24. The van der Waals surface area contributed by atoms with E-state index in [0.29, 0.717) is 16.5 Å². The van der Waals surface area contributed by atoms with Gasteiger partial charge in [-0.05, 0) is 68.0 Å². The van der Waals surface area contributed by atoms with Crippen molar-refractivity contribution in [3.05, 3.63) is 94.1 Å². The van der Waals surface area contributed by atoms with Crippen LogP contribution in [0.15, 0.2) is 93.2 Å². The molecule has 0 atom stereocenters. The van der Waals surface area contributed by atoms with E-state index in [1.807, 2.05) is 36.4 Å². The number of rotatable bonds is 8. The lowest BCUT2D eigenvalue weighted by atomic mass is 10.1. The lowest BCUT2D eigenvalue weighted by Gasteiger charge is -2.20. The number of aromatic hydroxyl groups is 1. The Bertz CT molecular complexity index is 1520. The van der Waals surface area contributed by atoms with Crippen molar-refractivity contribution >= 4 is 56.1 Å². The Morgan fingerprint density at radius 1 is 1.03 bits per heavy atom. The van der Waals surface area contributed by atoms with Gasteiger partial charge in [0.25, 0.3) is 5.91 Å². The van der Waals surface area contributed by atoms with E-state index in [-0.39, 0.29) is 17.3 Å². The summed E-state index contributed by atoms with van der Waals surface area (Å²) >= 11 is 3.42. The monoisotopic (exact) mass is 573 g/mol. The van der Waals surface area contributed by atoms with E-state index in [1.165, 1.54) is 0 Å². The lowest BCUT2D eigenvalue weighted by molar-refractivity contribution is -0.115. The summed E-state index contributed by atoms with van der Waals surface area (Å²) in [5, 5.41) is 21.9. The highest BCUT2D eigenvalue weighted by atomic mass is 79.9. The van der Waals surface area contributed by atoms with Crippen LogP contribution in [-0.4, -0.2) is 34.6 Å². The molecule has 0 aliphatic rings. The maximum atomic E-state index is 13.2. The van der Waals surface area contributed by atoms with Crippen molar-refractivity contribution in [3.63, 3.8) is 0 Å². The minimum Gasteiger partial charge on any atom is -0.493 e. The molecule has 0 spiro atoms. The van der Waals surface area contributed by atoms with E-state index in [9.17, 15) is 14.7 Å². The topological polar surface area (TPSA) is 99.3 Å². The minimum absolute atomic E-state index is 0.0425. The van der Waals surface area contributed by atoms with E-state index in [4.69, 9.17) is 0 Å². The summed E-state index contributed by atoms with van der Waals surface area (Å²) in [6, 6.07) is 21.8. The Labute approximate surface area is 229 Å². The van der Waals surface area contributed by atoms with Gasteiger partial charge in [0.05, 0.1) is 5.52 Å². The largest absolute Gasteiger partial charge is 0.493 e. The molecule has 194 valence electrons. The number of carbonyl (C=O) groups excluding carboxylic acids is 2. The summed E-state index contributed by atoms with van der Waals surface area (Å²) < 4.78 is 2.36. The van der Waals surface area contributed by atoms with Gasteiger partial charge in [-0.15, -0.1) is 10.2 Å².